The van der Waals surface area contributed by atoms with Crippen LogP contribution in [0.1, 0.15) is 35.4 Å². The molecule has 3 aromatic rings. The van der Waals surface area contributed by atoms with Crippen LogP contribution in [0.5, 0.6) is 0 Å². The fourth-order valence-electron chi connectivity index (χ4n) is 6.51. The molecule has 0 unspecified atom stereocenters. The lowest BCUT2D eigenvalue weighted by Gasteiger charge is -2.71. The number of hydrogen-bond acceptors (Lipinski definition) is 5. The molecule has 9 heteroatoms. The van der Waals surface area contributed by atoms with Gasteiger partial charge in [-0.1, -0.05) is 6.07 Å². The van der Waals surface area contributed by atoms with Gasteiger partial charge in [-0.15, -0.1) is 0 Å². The van der Waals surface area contributed by atoms with Crippen molar-refractivity contribution in [2.45, 2.75) is 24.7 Å². The lowest BCUT2D eigenvalue weighted by Crippen LogP contribution is -2.69. The normalized spacial score (nSPS) is 25.7. The first-order chi connectivity index (χ1) is 16.8. The van der Waals surface area contributed by atoms with Crippen molar-refractivity contribution >= 4 is 22.4 Å². The number of carbonyl (C=O) groups excluding carboxylic acids is 1. The Morgan fingerprint density at radius 2 is 1.83 bits per heavy atom. The van der Waals surface area contributed by atoms with Crippen LogP contribution in [0.15, 0.2) is 41.2 Å². The molecule has 2 aromatic heterocycles. The number of halogens is 2. The van der Waals surface area contributed by atoms with E-state index in [9.17, 15) is 18.4 Å². The summed E-state index contributed by atoms with van der Waals surface area (Å²) in [6.07, 6.45) is 3.13. The first kappa shape index (κ1) is 22.2. The van der Waals surface area contributed by atoms with Gasteiger partial charge in [-0.05, 0) is 60.4 Å². The highest BCUT2D eigenvalue weighted by atomic mass is 19.1. The van der Waals surface area contributed by atoms with Gasteiger partial charge in [-0.2, -0.15) is 4.39 Å². The third-order valence-electron chi connectivity index (χ3n) is 8.08. The molecule has 3 heterocycles. The number of carbonyl (C=O) groups is 1. The highest BCUT2D eigenvalue weighted by molar-refractivity contribution is 5.92. The van der Waals surface area contributed by atoms with E-state index in [0.29, 0.717) is 24.2 Å². The Morgan fingerprint density at radius 3 is 2.51 bits per heavy atom. The van der Waals surface area contributed by atoms with Gasteiger partial charge in [0.2, 0.25) is 5.95 Å². The molecule has 1 aliphatic heterocycles. The lowest BCUT2D eigenvalue weighted by atomic mass is 9.34. The number of aromatic nitrogens is 2. The van der Waals surface area contributed by atoms with E-state index in [1.165, 1.54) is 19.2 Å². The minimum absolute atomic E-state index is 0.0326. The number of nitrogens with zero attached hydrogens (tertiary/aromatic N) is 3. The third-order valence-corrected chi connectivity index (χ3v) is 8.08. The van der Waals surface area contributed by atoms with Crippen molar-refractivity contribution in [3.8, 4) is 0 Å². The summed E-state index contributed by atoms with van der Waals surface area (Å²) in [4.78, 5) is 35.4. The van der Waals surface area contributed by atoms with Gasteiger partial charge < -0.3 is 15.2 Å². The fraction of sp³-hybridized carbons (Fsp3) is 0.423. The third kappa shape index (κ3) is 3.60. The SMILES string of the molecule is CNC(=O)c1ccc(N2CCN(CC34CC(c5cc6ccc(F)cc6c(=O)[nH]5)(C3)C4)CC2)c(F)n1. The van der Waals surface area contributed by atoms with E-state index in [1.807, 2.05) is 11.0 Å². The summed E-state index contributed by atoms with van der Waals surface area (Å²) in [5, 5.41) is 3.63. The van der Waals surface area contributed by atoms with Crippen LogP contribution >= 0.6 is 0 Å². The predicted molar refractivity (Wildman–Crippen MR) is 129 cm³/mol. The molecule has 1 aromatic carbocycles. The van der Waals surface area contributed by atoms with Gasteiger partial charge in [-0.3, -0.25) is 14.5 Å². The van der Waals surface area contributed by atoms with E-state index >= 15 is 0 Å². The van der Waals surface area contributed by atoms with E-state index in [1.54, 1.807) is 18.2 Å². The van der Waals surface area contributed by atoms with Gasteiger partial charge in [-0.25, -0.2) is 9.37 Å². The van der Waals surface area contributed by atoms with Crippen LogP contribution in [0.3, 0.4) is 0 Å². The second-order valence-electron chi connectivity index (χ2n) is 10.4. The minimum atomic E-state index is -0.618. The summed E-state index contributed by atoms with van der Waals surface area (Å²) in [5.41, 5.74) is 1.56. The predicted octanol–water partition coefficient (Wildman–Crippen LogP) is 2.80. The number of amides is 1. The average molecular weight is 480 g/mol. The molecule has 1 saturated heterocycles. The molecule has 7 nitrogen and oxygen atoms in total. The summed E-state index contributed by atoms with van der Waals surface area (Å²) in [7, 11) is 1.49. The van der Waals surface area contributed by atoms with E-state index in [4.69, 9.17) is 0 Å². The summed E-state index contributed by atoms with van der Waals surface area (Å²) in [6.45, 7) is 4.08. The number of benzene rings is 1. The van der Waals surface area contributed by atoms with Crippen LogP contribution < -0.4 is 15.8 Å². The van der Waals surface area contributed by atoms with Crippen molar-refractivity contribution < 1.29 is 13.6 Å². The van der Waals surface area contributed by atoms with E-state index in [0.717, 1.165) is 50.0 Å². The van der Waals surface area contributed by atoms with Gasteiger partial charge in [0.05, 0.1) is 5.69 Å². The Bertz CT molecular complexity index is 1380. The molecule has 0 radical (unpaired) electrons. The summed E-state index contributed by atoms with van der Waals surface area (Å²) < 4.78 is 28.0. The second kappa shape index (κ2) is 7.84. The zero-order valence-corrected chi connectivity index (χ0v) is 19.5. The molecule has 3 aliphatic carbocycles. The molecule has 182 valence electrons. The van der Waals surface area contributed by atoms with Gasteiger partial charge in [0.1, 0.15) is 11.5 Å². The molecule has 1 amide bonds. The first-order valence-corrected chi connectivity index (χ1v) is 12.0. The number of nitrogens with one attached hydrogen (secondary N) is 2. The quantitative estimate of drug-likeness (QED) is 0.550. The van der Waals surface area contributed by atoms with Crippen molar-refractivity contribution in [1.29, 1.82) is 0 Å². The van der Waals surface area contributed by atoms with Gasteiger partial charge in [0.15, 0.2) is 0 Å². The zero-order valence-electron chi connectivity index (χ0n) is 19.5. The molecule has 35 heavy (non-hydrogen) atoms. The molecule has 2 bridgehead atoms. The van der Waals surface area contributed by atoms with Crippen LogP contribution in [-0.4, -0.2) is 60.5 Å². The molecule has 3 saturated carbocycles. The van der Waals surface area contributed by atoms with Gasteiger partial charge >= 0.3 is 0 Å². The average Bonchev–Trinajstić information content (AvgIpc) is 2.80. The standard InChI is InChI=1S/C26H27F2N5O2/c1-29-24(35)19-4-5-20(22(28)30-19)33-8-6-32(7-9-33)15-25-12-26(13-25,14-25)21-10-16-2-3-17(27)11-18(16)23(34)31-21/h2-5,10-11H,6-9,12-15H2,1H3,(H,29,35)(H,31,34). The Kier molecular flexibility index (Phi) is 4.96. The number of H-pyrrole nitrogens is 1. The second-order valence-corrected chi connectivity index (χ2v) is 10.4. The number of hydrogen-bond donors (Lipinski definition) is 2. The highest BCUT2D eigenvalue weighted by Gasteiger charge is 2.68. The van der Waals surface area contributed by atoms with Crippen molar-refractivity contribution in [2.24, 2.45) is 5.41 Å². The van der Waals surface area contributed by atoms with Crippen LogP contribution in [-0.2, 0) is 5.41 Å². The molecule has 0 spiro atoms. The number of rotatable bonds is 5. The van der Waals surface area contributed by atoms with E-state index in [2.05, 4.69) is 20.2 Å². The van der Waals surface area contributed by atoms with E-state index < -0.39 is 17.7 Å². The van der Waals surface area contributed by atoms with Crippen LogP contribution in [0.4, 0.5) is 14.5 Å². The molecular formula is C26H27F2N5O2. The molecule has 0 atom stereocenters. The fourth-order valence-corrected chi connectivity index (χ4v) is 6.51. The van der Waals surface area contributed by atoms with Crippen molar-refractivity contribution in [3.05, 3.63) is 69.9 Å². The van der Waals surface area contributed by atoms with Gasteiger partial charge in [0.25, 0.3) is 11.5 Å². The first-order valence-electron chi connectivity index (χ1n) is 12.0. The van der Waals surface area contributed by atoms with Gasteiger partial charge in [0, 0.05) is 56.3 Å². The van der Waals surface area contributed by atoms with Crippen LogP contribution in [0, 0.1) is 17.2 Å². The Balaban J connectivity index is 1.07. The zero-order chi connectivity index (χ0) is 24.4. The highest BCUT2D eigenvalue weighted by Crippen LogP contribution is 2.73. The lowest BCUT2D eigenvalue weighted by molar-refractivity contribution is -0.158. The molecule has 4 fully saturated rings. The van der Waals surface area contributed by atoms with Crippen molar-refractivity contribution in [1.82, 2.24) is 20.2 Å². The largest absolute Gasteiger partial charge is 0.365 e. The van der Waals surface area contributed by atoms with Crippen LogP contribution in [0.2, 0.25) is 0 Å². The number of fused-ring (bicyclic) bond motifs is 1. The molecule has 2 N–H and O–H groups in total. The number of piperazine rings is 1. The Labute approximate surface area is 201 Å². The number of aromatic amines is 1. The smallest absolute Gasteiger partial charge is 0.269 e. The topological polar surface area (TPSA) is 81.3 Å². The van der Waals surface area contributed by atoms with E-state index in [-0.39, 0.29) is 22.1 Å². The summed E-state index contributed by atoms with van der Waals surface area (Å²) >= 11 is 0. The maximum atomic E-state index is 14.5. The minimum Gasteiger partial charge on any atom is -0.365 e. The van der Waals surface area contributed by atoms with Crippen molar-refractivity contribution in [2.75, 3.05) is 44.7 Å². The maximum Gasteiger partial charge on any atom is 0.269 e. The number of pyridine rings is 2. The Morgan fingerprint density at radius 1 is 1.09 bits per heavy atom. The summed E-state index contributed by atoms with van der Waals surface area (Å²) in [6, 6.07) is 9.56. The summed E-state index contributed by atoms with van der Waals surface area (Å²) in [5.74, 6) is -1.42. The number of anilines is 1. The molecular weight excluding hydrogens is 452 g/mol. The maximum absolute atomic E-state index is 14.5. The monoisotopic (exact) mass is 479 g/mol. The van der Waals surface area contributed by atoms with Crippen molar-refractivity contribution in [3.63, 3.8) is 0 Å². The Hall–Kier alpha value is -3.33. The van der Waals surface area contributed by atoms with Crippen LogP contribution in [0.25, 0.3) is 10.8 Å². The molecule has 7 rings (SSSR count). The molecule has 4 aliphatic rings.